The molecule has 1 aliphatic heterocycles. The van der Waals surface area contributed by atoms with Crippen LogP contribution in [0.15, 0.2) is 72.8 Å². The first-order chi connectivity index (χ1) is 44.1. The molecule has 3 aromatic rings. The summed E-state index contributed by atoms with van der Waals surface area (Å²) in [7, 11) is 0. The van der Waals surface area contributed by atoms with Crippen molar-refractivity contribution >= 4 is 71.0 Å². The summed E-state index contributed by atoms with van der Waals surface area (Å²) < 4.78 is 0. The van der Waals surface area contributed by atoms with E-state index in [0.29, 0.717) is 61.8 Å². The fourth-order valence-electron chi connectivity index (χ4n) is 10.4. The highest BCUT2D eigenvalue weighted by Crippen LogP contribution is 2.22. The molecule has 1 saturated heterocycles. The van der Waals surface area contributed by atoms with Crippen LogP contribution in [0.25, 0.3) is 0 Å². The first-order valence-corrected chi connectivity index (χ1v) is 31.4. The summed E-state index contributed by atoms with van der Waals surface area (Å²) in [5.41, 5.74) is 18.3. The number of carbonyl (C=O) groups excluding carboxylic acids is 10. The van der Waals surface area contributed by atoms with Gasteiger partial charge in [0.05, 0.1) is 18.9 Å². The van der Waals surface area contributed by atoms with Gasteiger partial charge in [0, 0.05) is 25.8 Å². The van der Waals surface area contributed by atoms with Crippen LogP contribution in [0.2, 0.25) is 0 Å². The molecule has 0 saturated carbocycles. The third kappa shape index (κ3) is 26.0. The van der Waals surface area contributed by atoms with Gasteiger partial charge in [0.1, 0.15) is 71.6 Å². The number of aliphatic carboxylic acids is 2. The Morgan fingerprint density at radius 1 is 0.495 bits per heavy atom. The molecular weight excluding hydrogens is 1210 g/mol. The van der Waals surface area contributed by atoms with Gasteiger partial charge in [-0.05, 0) is 117 Å². The molecule has 10 amide bonds. The predicted molar refractivity (Wildman–Crippen MR) is 339 cm³/mol. The molecule has 0 aliphatic carbocycles. The van der Waals surface area contributed by atoms with Crippen molar-refractivity contribution in [2.24, 2.45) is 23.1 Å². The maximum atomic E-state index is 14.7. The standard InChI is InChI=1S/C64H92N12O17/c1-5-7-12-44(56(84)70-46(64(92)93)14-9-10-28-65)68-59(87)49(32-38-18-24-41(78)25-19-38)73-58(86)47(30-36(3)4)72-57(85)45(13-8-6-2)69-60(88)50(33-39-20-26-42(79)27-21-39)74-62(90)52-15-11-29-76(52)63(91)51(35-53(67)80)75-61(89)48(31-37-16-22-40(77)23-17-37)71-55(83)43(66)34-54(81)82/h16-27,36,43-52,77-79H,5-15,28-35,65-66H2,1-4H3,(H2,67,80)(H,68,87)(H,69,88)(H,70,84)(H,71,83)(H,72,85)(H,73,86)(H,74,90)(H,75,89)(H,81,82)(H,92,93)/t43-,44-,45-,46-,47-,48-,49-,50-,51-,52-/m0/s1. The van der Waals surface area contributed by atoms with Crippen molar-refractivity contribution < 1.29 is 83.1 Å². The number of benzene rings is 3. The minimum atomic E-state index is -1.73. The Morgan fingerprint density at radius 3 is 1.28 bits per heavy atom. The average Bonchev–Trinajstić information content (AvgIpc) is 1.88. The SMILES string of the molecule is CCCC[C@H](NC(=O)[C@H](Cc1ccc(O)cc1)NC(=O)[C@H](CC(C)C)NC(=O)[C@H](CCCC)NC(=O)[C@H](Cc1ccc(O)cc1)NC(=O)[C@@H]1CCCN1C(=O)[C@H](CC(N)=O)NC(=O)[C@H](Cc1ccc(O)cc1)NC(=O)[C@@H](N)CC(=O)O)C(=O)N[C@@H](CCCCN)C(=O)O. The highest BCUT2D eigenvalue weighted by Gasteiger charge is 2.41. The van der Waals surface area contributed by atoms with E-state index in [9.17, 15) is 83.1 Å². The molecule has 19 N–H and O–H groups in total. The van der Waals surface area contributed by atoms with Gasteiger partial charge in [-0.15, -0.1) is 0 Å². The van der Waals surface area contributed by atoms with Crippen molar-refractivity contribution in [3.05, 3.63) is 89.5 Å². The highest BCUT2D eigenvalue weighted by atomic mass is 16.4. The van der Waals surface area contributed by atoms with E-state index >= 15 is 0 Å². The van der Waals surface area contributed by atoms with Gasteiger partial charge in [0.15, 0.2) is 0 Å². The number of hydrogen-bond acceptors (Lipinski definition) is 17. The van der Waals surface area contributed by atoms with Crippen LogP contribution in [0.1, 0.15) is 134 Å². The lowest BCUT2D eigenvalue weighted by Crippen LogP contribution is -2.61. The first-order valence-electron chi connectivity index (χ1n) is 31.4. The summed E-state index contributed by atoms with van der Waals surface area (Å²) in [6.45, 7) is 7.51. The Labute approximate surface area is 539 Å². The number of primary amides is 1. The van der Waals surface area contributed by atoms with Crippen molar-refractivity contribution in [1.29, 1.82) is 0 Å². The number of phenolic OH excluding ortho intramolecular Hbond substituents is 3. The number of hydrogen-bond donors (Lipinski definition) is 16. The lowest BCUT2D eigenvalue weighted by Gasteiger charge is -2.31. The molecule has 1 aliphatic rings. The maximum Gasteiger partial charge on any atom is 0.326 e. The van der Waals surface area contributed by atoms with E-state index in [0.717, 1.165) is 4.90 Å². The maximum absolute atomic E-state index is 14.7. The van der Waals surface area contributed by atoms with Crippen molar-refractivity contribution in [3.8, 4) is 17.2 Å². The number of carboxylic acids is 2. The van der Waals surface area contributed by atoms with Gasteiger partial charge >= 0.3 is 11.9 Å². The fourth-order valence-corrected chi connectivity index (χ4v) is 10.4. The summed E-state index contributed by atoms with van der Waals surface area (Å²) in [5, 5.41) is 70.2. The van der Waals surface area contributed by atoms with E-state index in [1.807, 2.05) is 13.8 Å². The Bertz CT molecular complexity index is 3020. The number of nitrogens with two attached hydrogens (primary N) is 3. The van der Waals surface area contributed by atoms with E-state index < -0.39 is 144 Å². The van der Waals surface area contributed by atoms with Crippen LogP contribution in [0.4, 0.5) is 0 Å². The largest absolute Gasteiger partial charge is 0.508 e. The second-order valence-electron chi connectivity index (χ2n) is 23.7. The normalized spacial score (nSPS) is 15.7. The monoisotopic (exact) mass is 1300 g/mol. The smallest absolute Gasteiger partial charge is 0.326 e. The van der Waals surface area contributed by atoms with Crippen LogP contribution < -0.4 is 59.7 Å². The quantitative estimate of drug-likeness (QED) is 0.0334. The molecule has 10 atom stereocenters. The van der Waals surface area contributed by atoms with Gasteiger partial charge in [-0.3, -0.25) is 52.7 Å². The topological polar surface area (TPSA) is 484 Å². The van der Waals surface area contributed by atoms with Crippen LogP contribution >= 0.6 is 0 Å². The number of nitrogens with zero attached hydrogens (tertiary/aromatic N) is 1. The van der Waals surface area contributed by atoms with Crippen LogP contribution in [0.3, 0.4) is 0 Å². The van der Waals surface area contributed by atoms with Gasteiger partial charge in [-0.25, -0.2) is 4.79 Å². The summed E-state index contributed by atoms with van der Waals surface area (Å²) in [6.07, 6.45) is 1.17. The zero-order chi connectivity index (χ0) is 68.9. The lowest BCUT2D eigenvalue weighted by molar-refractivity contribution is -0.143. The van der Waals surface area contributed by atoms with Crippen molar-refractivity contribution in [3.63, 3.8) is 0 Å². The molecule has 0 bridgehead atoms. The van der Waals surface area contributed by atoms with Crippen LogP contribution in [-0.2, 0) is 76.8 Å². The van der Waals surface area contributed by atoms with E-state index in [1.165, 1.54) is 72.8 Å². The molecule has 1 fully saturated rings. The minimum absolute atomic E-state index is 0.0161. The second kappa shape index (κ2) is 38.5. The van der Waals surface area contributed by atoms with Gasteiger partial charge < -0.3 is 90.2 Å². The number of aromatic hydroxyl groups is 3. The summed E-state index contributed by atoms with van der Waals surface area (Å²) in [6, 6.07) is 2.73. The molecule has 510 valence electrons. The van der Waals surface area contributed by atoms with Crippen LogP contribution in [-0.4, -0.2) is 175 Å². The number of unbranched alkanes of at least 4 members (excludes halogenated alkanes) is 3. The van der Waals surface area contributed by atoms with Crippen LogP contribution in [0, 0.1) is 5.92 Å². The Hall–Kier alpha value is -9.38. The number of phenols is 3. The number of rotatable bonds is 40. The second-order valence-corrected chi connectivity index (χ2v) is 23.7. The van der Waals surface area contributed by atoms with Gasteiger partial charge in [0.25, 0.3) is 0 Å². The molecular formula is C64H92N12O17. The van der Waals surface area contributed by atoms with Gasteiger partial charge in [-0.1, -0.05) is 89.8 Å². The van der Waals surface area contributed by atoms with Gasteiger partial charge in [0.2, 0.25) is 59.1 Å². The molecule has 93 heavy (non-hydrogen) atoms. The van der Waals surface area contributed by atoms with E-state index in [1.54, 1.807) is 13.8 Å². The number of likely N-dealkylation sites (tertiary alicyclic amines) is 1. The molecule has 1 heterocycles. The summed E-state index contributed by atoms with van der Waals surface area (Å²) in [5.74, 6) is -12.2. The van der Waals surface area contributed by atoms with E-state index in [-0.39, 0.29) is 87.5 Å². The zero-order valence-electron chi connectivity index (χ0n) is 53.0. The third-order valence-corrected chi connectivity index (χ3v) is 15.5. The summed E-state index contributed by atoms with van der Waals surface area (Å²) >= 11 is 0. The Morgan fingerprint density at radius 2 is 0.871 bits per heavy atom. The van der Waals surface area contributed by atoms with Crippen molar-refractivity contribution in [2.45, 2.75) is 197 Å². The Balaban J connectivity index is 1.62. The van der Waals surface area contributed by atoms with Crippen molar-refractivity contribution in [1.82, 2.24) is 47.4 Å². The fraction of sp³-hybridized carbons (Fsp3) is 0.531. The average molecular weight is 1300 g/mol. The molecule has 0 spiro atoms. The van der Waals surface area contributed by atoms with Crippen molar-refractivity contribution in [2.75, 3.05) is 13.1 Å². The molecule has 4 rings (SSSR count). The minimum Gasteiger partial charge on any atom is -0.508 e. The molecule has 29 heteroatoms. The predicted octanol–water partition coefficient (Wildman–Crippen LogP) is 0.0182. The zero-order valence-corrected chi connectivity index (χ0v) is 53.0. The number of amides is 10. The van der Waals surface area contributed by atoms with Crippen LogP contribution in [0.5, 0.6) is 17.2 Å². The number of carbonyl (C=O) groups is 12. The lowest BCUT2D eigenvalue weighted by atomic mass is 9.99. The highest BCUT2D eigenvalue weighted by molar-refractivity contribution is 6.00. The number of nitrogens with one attached hydrogen (secondary N) is 8. The summed E-state index contributed by atoms with van der Waals surface area (Å²) in [4.78, 5) is 166. The molecule has 29 nitrogen and oxygen atoms in total. The third-order valence-electron chi connectivity index (χ3n) is 15.5. The number of carboxylic acid groups (broad SMARTS) is 2. The van der Waals surface area contributed by atoms with E-state index in [2.05, 4.69) is 42.5 Å². The molecule has 0 radical (unpaired) electrons. The molecule has 3 aromatic carbocycles. The first kappa shape index (κ1) is 76.1. The Kier molecular flexibility index (Phi) is 31.5. The van der Waals surface area contributed by atoms with E-state index in [4.69, 9.17) is 17.2 Å². The molecule has 0 unspecified atom stereocenters. The van der Waals surface area contributed by atoms with Gasteiger partial charge in [-0.2, -0.15) is 0 Å². The molecule has 0 aromatic heterocycles.